The van der Waals surface area contributed by atoms with Gasteiger partial charge >= 0.3 is 0 Å². The van der Waals surface area contributed by atoms with E-state index in [9.17, 15) is 9.90 Å². The van der Waals surface area contributed by atoms with Crippen molar-refractivity contribution in [1.29, 1.82) is 0 Å². The van der Waals surface area contributed by atoms with E-state index in [4.69, 9.17) is 0 Å². The van der Waals surface area contributed by atoms with Gasteiger partial charge in [0.05, 0.1) is 5.56 Å². The Hall–Kier alpha value is -1.66. The van der Waals surface area contributed by atoms with E-state index >= 15 is 0 Å². The highest BCUT2D eigenvalue weighted by molar-refractivity contribution is 7.10. The molecule has 2 aromatic heterocycles. The highest BCUT2D eigenvalue weighted by Gasteiger charge is 2.30. The summed E-state index contributed by atoms with van der Waals surface area (Å²) in [5.74, 6) is 0.974. The topological polar surface area (TPSA) is 58.4 Å². The molecule has 6 heteroatoms. The zero-order valence-corrected chi connectivity index (χ0v) is 13.7. The van der Waals surface area contributed by atoms with Crippen molar-refractivity contribution >= 4 is 17.2 Å². The van der Waals surface area contributed by atoms with Crippen molar-refractivity contribution in [3.63, 3.8) is 0 Å². The molecule has 22 heavy (non-hydrogen) atoms. The molecule has 0 spiro atoms. The Morgan fingerprint density at radius 3 is 2.73 bits per heavy atom. The van der Waals surface area contributed by atoms with Gasteiger partial charge in [0.25, 0.3) is 5.91 Å². The number of aliphatic hydroxyl groups is 1. The van der Waals surface area contributed by atoms with Crippen LogP contribution in [-0.4, -0.2) is 38.6 Å². The number of thiophene rings is 1. The third-order valence-corrected chi connectivity index (χ3v) is 5.24. The van der Waals surface area contributed by atoms with Crippen LogP contribution in [0.2, 0.25) is 0 Å². The van der Waals surface area contributed by atoms with E-state index in [0.29, 0.717) is 18.9 Å². The molecule has 3 heterocycles. The van der Waals surface area contributed by atoms with Gasteiger partial charge in [0.15, 0.2) is 0 Å². The molecular formula is C16H21N3O2S. The summed E-state index contributed by atoms with van der Waals surface area (Å²) in [5.41, 5.74) is 0.783. The minimum absolute atomic E-state index is 0.106. The van der Waals surface area contributed by atoms with Gasteiger partial charge in [-0.15, -0.1) is 11.3 Å². The maximum Gasteiger partial charge on any atom is 0.254 e. The van der Waals surface area contributed by atoms with Crippen LogP contribution in [-0.2, 0) is 7.05 Å². The molecule has 1 N–H and O–H groups in total. The van der Waals surface area contributed by atoms with Crippen molar-refractivity contribution in [2.24, 2.45) is 13.0 Å². The Bertz CT molecular complexity index is 656. The lowest BCUT2D eigenvalue weighted by atomic mass is 9.90. The van der Waals surface area contributed by atoms with Gasteiger partial charge in [0.1, 0.15) is 11.9 Å². The molecule has 1 unspecified atom stereocenters. The van der Waals surface area contributed by atoms with Crippen LogP contribution >= 0.6 is 11.3 Å². The first kappa shape index (κ1) is 15.2. The third kappa shape index (κ3) is 2.94. The molecule has 3 rings (SSSR count). The minimum Gasteiger partial charge on any atom is -0.385 e. The number of hydrogen-bond donors (Lipinski definition) is 1. The molecule has 118 valence electrons. The van der Waals surface area contributed by atoms with Crippen LogP contribution in [0.5, 0.6) is 0 Å². The van der Waals surface area contributed by atoms with Crippen LogP contribution in [0.1, 0.15) is 40.0 Å². The van der Waals surface area contributed by atoms with Crippen molar-refractivity contribution < 1.29 is 9.90 Å². The molecule has 1 amide bonds. The van der Waals surface area contributed by atoms with E-state index in [1.807, 2.05) is 41.1 Å². The van der Waals surface area contributed by atoms with Crippen molar-refractivity contribution in [3.8, 4) is 0 Å². The summed E-state index contributed by atoms with van der Waals surface area (Å²) in [6.07, 6.45) is 4.61. The quantitative estimate of drug-likeness (QED) is 0.945. The van der Waals surface area contributed by atoms with Gasteiger partial charge in [-0.3, -0.25) is 4.79 Å². The summed E-state index contributed by atoms with van der Waals surface area (Å²) in [6, 6.07) is 1.95. The van der Waals surface area contributed by atoms with E-state index in [-0.39, 0.29) is 11.8 Å². The van der Waals surface area contributed by atoms with Gasteiger partial charge in [-0.2, -0.15) is 0 Å². The number of carbonyl (C=O) groups is 1. The number of piperidine rings is 1. The van der Waals surface area contributed by atoms with Gasteiger partial charge in [-0.25, -0.2) is 4.98 Å². The summed E-state index contributed by atoms with van der Waals surface area (Å²) in [4.78, 5) is 19.7. The highest BCUT2D eigenvalue weighted by atomic mass is 32.1. The number of carbonyl (C=O) groups excluding carboxylic acids is 1. The fourth-order valence-electron chi connectivity index (χ4n) is 3.03. The zero-order chi connectivity index (χ0) is 15.7. The molecule has 0 bridgehead atoms. The van der Waals surface area contributed by atoms with Crippen LogP contribution in [0.4, 0.5) is 0 Å². The summed E-state index contributed by atoms with van der Waals surface area (Å²) >= 11 is 1.60. The lowest BCUT2D eigenvalue weighted by Gasteiger charge is -2.33. The Balaban J connectivity index is 1.61. The summed E-state index contributed by atoms with van der Waals surface area (Å²) in [7, 11) is 1.89. The number of amides is 1. The maximum absolute atomic E-state index is 12.4. The smallest absolute Gasteiger partial charge is 0.254 e. The molecule has 0 aromatic carbocycles. The summed E-state index contributed by atoms with van der Waals surface area (Å²) in [6.45, 7) is 3.40. The standard InChI is InChI=1S/C16H21N3O2S/c1-11-9-13(10-22-11)16(21)19-6-3-12(4-7-19)14(20)15-17-5-8-18(15)2/h5,8-10,12,14,20H,3-4,6-7H2,1-2H3. The number of aryl methyl sites for hydroxylation is 2. The van der Waals surface area contributed by atoms with Gasteiger partial charge in [0.2, 0.25) is 0 Å². The number of aromatic nitrogens is 2. The van der Waals surface area contributed by atoms with Crippen LogP contribution in [0, 0.1) is 12.8 Å². The predicted octanol–water partition coefficient (Wildman–Crippen LogP) is 2.38. The van der Waals surface area contributed by atoms with Gasteiger partial charge in [0, 0.05) is 42.8 Å². The monoisotopic (exact) mass is 319 g/mol. The molecule has 0 radical (unpaired) electrons. The Kier molecular flexibility index (Phi) is 4.31. The molecule has 2 aromatic rings. The molecule has 0 aliphatic carbocycles. The second kappa shape index (κ2) is 6.22. The molecule has 0 saturated carbocycles. The number of nitrogens with zero attached hydrogens (tertiary/aromatic N) is 3. The highest BCUT2D eigenvalue weighted by Crippen LogP contribution is 2.30. The first-order chi connectivity index (χ1) is 10.6. The number of rotatable bonds is 3. The van der Waals surface area contributed by atoms with Crippen molar-refractivity contribution in [2.75, 3.05) is 13.1 Å². The van der Waals surface area contributed by atoms with Crippen molar-refractivity contribution in [2.45, 2.75) is 25.9 Å². The van der Waals surface area contributed by atoms with E-state index in [1.165, 1.54) is 0 Å². The summed E-state index contributed by atoms with van der Waals surface area (Å²) < 4.78 is 1.86. The number of likely N-dealkylation sites (tertiary alicyclic amines) is 1. The minimum atomic E-state index is -0.555. The molecular weight excluding hydrogens is 298 g/mol. The van der Waals surface area contributed by atoms with E-state index < -0.39 is 6.10 Å². The maximum atomic E-state index is 12.4. The van der Waals surface area contributed by atoms with Crippen molar-refractivity contribution in [1.82, 2.24) is 14.5 Å². The molecule has 1 aliphatic rings. The molecule has 1 aliphatic heterocycles. The van der Waals surface area contributed by atoms with Gasteiger partial charge < -0.3 is 14.6 Å². The van der Waals surface area contributed by atoms with E-state index in [2.05, 4.69) is 4.98 Å². The lowest BCUT2D eigenvalue weighted by molar-refractivity contribution is 0.0420. The first-order valence-corrected chi connectivity index (χ1v) is 8.44. The Morgan fingerprint density at radius 1 is 1.45 bits per heavy atom. The molecule has 1 fully saturated rings. The fourth-order valence-corrected chi connectivity index (χ4v) is 3.71. The normalized spacial score (nSPS) is 17.7. The Morgan fingerprint density at radius 2 is 2.18 bits per heavy atom. The largest absolute Gasteiger partial charge is 0.385 e. The predicted molar refractivity (Wildman–Crippen MR) is 85.9 cm³/mol. The average molecular weight is 319 g/mol. The second-order valence-corrected chi connectivity index (χ2v) is 7.03. The lowest BCUT2D eigenvalue weighted by Crippen LogP contribution is -2.39. The third-order valence-electron chi connectivity index (χ3n) is 4.37. The Labute approximate surface area is 134 Å². The van der Waals surface area contributed by atoms with Crippen LogP contribution in [0.25, 0.3) is 0 Å². The van der Waals surface area contributed by atoms with Gasteiger partial charge in [-0.1, -0.05) is 0 Å². The number of hydrogen-bond acceptors (Lipinski definition) is 4. The fraction of sp³-hybridized carbons (Fsp3) is 0.500. The molecule has 1 saturated heterocycles. The van der Waals surface area contributed by atoms with Crippen molar-refractivity contribution in [3.05, 3.63) is 40.1 Å². The molecule has 1 atom stereocenters. The van der Waals surface area contributed by atoms with Gasteiger partial charge in [-0.05, 0) is 31.7 Å². The second-order valence-electron chi connectivity index (χ2n) is 5.92. The SMILES string of the molecule is Cc1cc(C(=O)N2CCC(C(O)c3nccn3C)CC2)cs1. The zero-order valence-electron chi connectivity index (χ0n) is 12.9. The first-order valence-electron chi connectivity index (χ1n) is 7.56. The average Bonchev–Trinajstić information content (AvgIpc) is 3.14. The van der Waals surface area contributed by atoms with E-state index in [0.717, 1.165) is 23.3 Å². The van der Waals surface area contributed by atoms with E-state index in [1.54, 1.807) is 17.5 Å². The van der Waals surface area contributed by atoms with Crippen LogP contribution in [0.15, 0.2) is 23.8 Å². The van der Waals surface area contributed by atoms with Crippen LogP contribution < -0.4 is 0 Å². The molecule has 5 nitrogen and oxygen atoms in total. The summed E-state index contributed by atoms with van der Waals surface area (Å²) in [5, 5.41) is 12.4. The van der Waals surface area contributed by atoms with Crippen LogP contribution in [0.3, 0.4) is 0 Å². The number of aliphatic hydroxyl groups excluding tert-OH is 1. The number of imidazole rings is 1.